The monoisotopic (exact) mass is 458 g/mol. The van der Waals surface area contributed by atoms with Crippen molar-refractivity contribution in [2.45, 2.75) is 18.2 Å². The lowest BCUT2D eigenvalue weighted by molar-refractivity contribution is -0.122. The van der Waals surface area contributed by atoms with E-state index < -0.39 is 0 Å². The molecule has 1 aliphatic heterocycles. The van der Waals surface area contributed by atoms with Gasteiger partial charge in [0.25, 0.3) is 5.91 Å². The Morgan fingerprint density at radius 3 is 2.60 bits per heavy atom. The lowest BCUT2D eigenvalue weighted by Crippen LogP contribution is -2.30. The highest BCUT2D eigenvalue weighted by Gasteiger charge is 2.33. The van der Waals surface area contributed by atoms with E-state index in [0.717, 1.165) is 29.0 Å². The first-order chi connectivity index (χ1) is 14.5. The molecule has 0 atom stereocenters. The number of hydrogen-bond donors (Lipinski definition) is 0. The van der Waals surface area contributed by atoms with E-state index in [1.54, 1.807) is 35.5 Å². The van der Waals surface area contributed by atoms with Crippen LogP contribution in [0, 0.1) is 6.92 Å². The summed E-state index contributed by atoms with van der Waals surface area (Å²) in [6.45, 7) is 2.68. The zero-order chi connectivity index (χ0) is 21.5. The van der Waals surface area contributed by atoms with Crippen LogP contribution in [0.25, 0.3) is 6.08 Å². The van der Waals surface area contributed by atoms with Gasteiger partial charge in [0.15, 0.2) is 5.17 Å². The van der Waals surface area contributed by atoms with Gasteiger partial charge in [0, 0.05) is 11.4 Å². The zero-order valence-electron chi connectivity index (χ0n) is 17.7. The minimum atomic E-state index is 0.0143. The fraction of sp³-hybridized carbons (Fsp3) is 0.304. The molecule has 1 aliphatic rings. The first-order valence-electron chi connectivity index (χ1n) is 9.63. The van der Waals surface area contributed by atoms with Crippen LogP contribution in [0.5, 0.6) is 5.75 Å². The Kier molecular flexibility index (Phi) is 8.36. The number of carbonyl (C=O) groups is 1. The summed E-state index contributed by atoms with van der Waals surface area (Å²) in [6.07, 6.45) is 7.01. The van der Waals surface area contributed by atoms with Gasteiger partial charge in [-0.2, -0.15) is 11.8 Å². The van der Waals surface area contributed by atoms with Crippen molar-refractivity contribution in [3.63, 3.8) is 0 Å². The molecule has 1 amide bonds. The highest BCUT2D eigenvalue weighted by Crippen LogP contribution is 2.37. The molecule has 1 saturated heterocycles. The molecular weight excluding hydrogens is 432 g/mol. The van der Waals surface area contributed by atoms with Gasteiger partial charge in [-0.25, -0.2) is 4.99 Å². The van der Waals surface area contributed by atoms with Gasteiger partial charge in [-0.15, -0.1) is 11.8 Å². The maximum Gasteiger partial charge on any atom is 0.266 e. The van der Waals surface area contributed by atoms with Crippen LogP contribution in [-0.4, -0.2) is 47.9 Å². The Bertz CT molecular complexity index is 955. The Morgan fingerprint density at radius 1 is 1.17 bits per heavy atom. The number of benzene rings is 2. The zero-order valence-corrected chi connectivity index (χ0v) is 20.1. The smallest absolute Gasteiger partial charge is 0.266 e. The highest BCUT2D eigenvalue weighted by molar-refractivity contribution is 8.18. The Balaban J connectivity index is 1.94. The standard InChI is InChI=1S/C23H26N2O2S3/c1-16-6-11-20(27-2)19(14-16)24-23-25(12-5-13-28-3)22(26)21(30-23)15-17-7-9-18(29-4)10-8-17/h6-11,14-15H,5,12-13H2,1-4H3/b21-15+,24-23?. The molecule has 1 heterocycles. The molecule has 0 aromatic heterocycles. The number of carbonyl (C=O) groups excluding carboxylic acids is 1. The van der Waals surface area contributed by atoms with Crippen LogP contribution in [0.3, 0.4) is 0 Å². The summed E-state index contributed by atoms with van der Waals surface area (Å²) >= 11 is 4.92. The number of hydrogen-bond acceptors (Lipinski definition) is 6. The largest absolute Gasteiger partial charge is 0.494 e. The third-order valence-electron chi connectivity index (χ3n) is 4.58. The van der Waals surface area contributed by atoms with Gasteiger partial charge in [0.1, 0.15) is 11.4 Å². The summed E-state index contributed by atoms with van der Waals surface area (Å²) in [5, 5.41) is 0.706. The van der Waals surface area contributed by atoms with E-state index in [1.165, 1.54) is 16.7 Å². The second-order valence-electron chi connectivity index (χ2n) is 6.76. The van der Waals surface area contributed by atoms with Gasteiger partial charge in [-0.05, 0) is 84.8 Å². The fourth-order valence-corrected chi connectivity index (χ4v) is 4.84. The van der Waals surface area contributed by atoms with Crippen LogP contribution >= 0.6 is 35.3 Å². The number of methoxy groups -OCH3 is 1. The first-order valence-corrected chi connectivity index (χ1v) is 13.1. The first kappa shape index (κ1) is 22.8. The maximum atomic E-state index is 13.2. The third-order valence-corrected chi connectivity index (χ3v) is 7.03. The molecule has 1 fully saturated rings. The minimum Gasteiger partial charge on any atom is -0.494 e. The van der Waals surface area contributed by atoms with Crippen molar-refractivity contribution in [3.8, 4) is 5.75 Å². The van der Waals surface area contributed by atoms with Crippen LogP contribution in [0.1, 0.15) is 17.5 Å². The molecule has 2 aromatic rings. The van der Waals surface area contributed by atoms with Crippen molar-refractivity contribution < 1.29 is 9.53 Å². The molecule has 0 spiro atoms. The van der Waals surface area contributed by atoms with Crippen molar-refractivity contribution in [3.05, 3.63) is 58.5 Å². The van der Waals surface area contributed by atoms with Crippen LogP contribution in [0.15, 0.2) is 57.3 Å². The van der Waals surface area contributed by atoms with E-state index in [1.807, 2.05) is 43.3 Å². The molecule has 7 heteroatoms. The van der Waals surface area contributed by atoms with Crippen molar-refractivity contribution in [1.29, 1.82) is 0 Å². The molecule has 0 radical (unpaired) electrons. The highest BCUT2D eigenvalue weighted by atomic mass is 32.2. The molecule has 0 unspecified atom stereocenters. The number of aliphatic imine (C=N–C) groups is 1. The molecule has 30 heavy (non-hydrogen) atoms. The number of nitrogens with zero attached hydrogens (tertiary/aromatic N) is 2. The number of amidine groups is 1. The number of aryl methyl sites for hydroxylation is 1. The molecule has 2 aromatic carbocycles. The van der Waals surface area contributed by atoms with Crippen LogP contribution in [-0.2, 0) is 4.79 Å². The van der Waals surface area contributed by atoms with Gasteiger partial charge in [-0.1, -0.05) is 18.2 Å². The number of ether oxygens (including phenoxy) is 1. The van der Waals surface area contributed by atoms with E-state index in [0.29, 0.717) is 22.4 Å². The molecular formula is C23H26N2O2S3. The van der Waals surface area contributed by atoms with Gasteiger partial charge in [-0.3, -0.25) is 9.69 Å². The number of amides is 1. The van der Waals surface area contributed by atoms with Crippen LogP contribution in [0.2, 0.25) is 0 Å². The average Bonchev–Trinajstić information content (AvgIpc) is 3.03. The van der Waals surface area contributed by atoms with Crippen molar-refractivity contribution >= 4 is 58.1 Å². The molecule has 0 aliphatic carbocycles. The number of rotatable bonds is 8. The van der Waals surface area contributed by atoms with Crippen molar-refractivity contribution in [2.24, 2.45) is 4.99 Å². The summed E-state index contributed by atoms with van der Waals surface area (Å²) in [6, 6.07) is 14.1. The van der Waals surface area contributed by atoms with Crippen molar-refractivity contribution in [2.75, 3.05) is 31.9 Å². The molecule has 0 bridgehead atoms. The molecule has 0 N–H and O–H groups in total. The normalized spacial score (nSPS) is 16.7. The third kappa shape index (κ3) is 5.65. The Morgan fingerprint density at radius 2 is 1.93 bits per heavy atom. The lowest BCUT2D eigenvalue weighted by Gasteiger charge is -2.15. The van der Waals surface area contributed by atoms with Gasteiger partial charge in [0.2, 0.25) is 0 Å². The summed E-state index contributed by atoms with van der Waals surface area (Å²) in [4.78, 5) is 21.7. The molecule has 158 valence electrons. The predicted molar refractivity (Wildman–Crippen MR) is 133 cm³/mol. The van der Waals surface area contributed by atoms with Gasteiger partial charge < -0.3 is 4.74 Å². The summed E-state index contributed by atoms with van der Waals surface area (Å²) in [5.74, 6) is 1.72. The maximum absolute atomic E-state index is 13.2. The quantitative estimate of drug-likeness (QED) is 0.272. The second-order valence-corrected chi connectivity index (χ2v) is 9.63. The summed E-state index contributed by atoms with van der Waals surface area (Å²) in [5.41, 5.74) is 2.86. The van der Waals surface area contributed by atoms with E-state index >= 15 is 0 Å². The van der Waals surface area contributed by atoms with Gasteiger partial charge >= 0.3 is 0 Å². The predicted octanol–water partition coefficient (Wildman–Crippen LogP) is 6.08. The van der Waals surface area contributed by atoms with E-state index in [9.17, 15) is 4.79 Å². The van der Waals surface area contributed by atoms with Crippen molar-refractivity contribution in [1.82, 2.24) is 4.90 Å². The second kappa shape index (κ2) is 11.0. The SMILES string of the molecule is COc1ccc(C)cc1N=C1S/C(=C/c2ccc(SC)cc2)C(=O)N1CCCSC. The summed E-state index contributed by atoms with van der Waals surface area (Å²) < 4.78 is 5.48. The van der Waals surface area contributed by atoms with E-state index in [-0.39, 0.29) is 5.91 Å². The fourth-order valence-electron chi connectivity index (χ4n) is 3.00. The topological polar surface area (TPSA) is 41.9 Å². The lowest BCUT2D eigenvalue weighted by atomic mass is 10.2. The van der Waals surface area contributed by atoms with Crippen LogP contribution in [0.4, 0.5) is 5.69 Å². The van der Waals surface area contributed by atoms with E-state index in [2.05, 4.69) is 24.6 Å². The minimum absolute atomic E-state index is 0.0143. The average molecular weight is 459 g/mol. The molecule has 0 saturated carbocycles. The van der Waals surface area contributed by atoms with E-state index in [4.69, 9.17) is 9.73 Å². The molecule has 3 rings (SSSR count). The van der Waals surface area contributed by atoms with Gasteiger partial charge in [0.05, 0.1) is 12.0 Å². The Labute approximate surface area is 191 Å². The Hall–Kier alpha value is -1.83. The number of thioether (sulfide) groups is 3. The summed E-state index contributed by atoms with van der Waals surface area (Å²) in [7, 11) is 1.64. The van der Waals surface area contributed by atoms with Crippen LogP contribution < -0.4 is 4.74 Å². The molecule has 4 nitrogen and oxygen atoms in total.